The van der Waals surface area contributed by atoms with Crippen LogP contribution >= 0.6 is 11.6 Å². The number of benzene rings is 1. The van der Waals surface area contributed by atoms with Gasteiger partial charge in [0.25, 0.3) is 5.24 Å². The minimum absolute atomic E-state index is 0.311. The van der Waals surface area contributed by atoms with Crippen LogP contribution in [0.4, 0.5) is 4.39 Å². The SMILES string of the molecule is CC(C)=CCc1cc(C(=O)Cl)ccc1F. The summed E-state index contributed by atoms with van der Waals surface area (Å²) in [6.07, 6.45) is 2.38. The van der Waals surface area contributed by atoms with Crippen molar-refractivity contribution in [2.75, 3.05) is 0 Å². The smallest absolute Gasteiger partial charge is 0.252 e. The maximum atomic E-state index is 13.3. The van der Waals surface area contributed by atoms with Gasteiger partial charge in [-0.3, -0.25) is 4.79 Å². The van der Waals surface area contributed by atoms with E-state index in [1.54, 1.807) is 0 Å². The van der Waals surface area contributed by atoms with E-state index >= 15 is 0 Å². The van der Waals surface area contributed by atoms with Crippen molar-refractivity contribution in [3.8, 4) is 0 Å². The average molecular weight is 227 g/mol. The highest BCUT2D eigenvalue weighted by Gasteiger charge is 2.06. The third-order valence-electron chi connectivity index (χ3n) is 2.00. The monoisotopic (exact) mass is 226 g/mol. The van der Waals surface area contributed by atoms with Crippen LogP contribution in [0.15, 0.2) is 29.8 Å². The molecule has 1 nitrogen and oxygen atoms in total. The molecule has 1 aromatic carbocycles. The molecule has 0 saturated carbocycles. The first-order valence-corrected chi connectivity index (χ1v) is 5.00. The summed E-state index contributed by atoms with van der Waals surface area (Å²) in [5.41, 5.74) is 1.93. The lowest BCUT2D eigenvalue weighted by Crippen LogP contribution is -1.95. The topological polar surface area (TPSA) is 17.1 Å². The van der Waals surface area contributed by atoms with Crippen molar-refractivity contribution in [1.82, 2.24) is 0 Å². The number of allylic oxidation sites excluding steroid dienone is 2. The Kier molecular flexibility index (Phi) is 4.04. The van der Waals surface area contributed by atoms with Gasteiger partial charge in [0.2, 0.25) is 0 Å². The minimum Gasteiger partial charge on any atom is -0.276 e. The van der Waals surface area contributed by atoms with Gasteiger partial charge in [-0.1, -0.05) is 11.6 Å². The van der Waals surface area contributed by atoms with Crippen LogP contribution in [-0.4, -0.2) is 5.24 Å². The average Bonchev–Trinajstić information content (AvgIpc) is 2.16. The van der Waals surface area contributed by atoms with Crippen LogP contribution in [0.3, 0.4) is 0 Å². The number of carbonyl (C=O) groups is 1. The van der Waals surface area contributed by atoms with Crippen molar-refractivity contribution in [3.05, 3.63) is 46.8 Å². The Labute approximate surface area is 93.6 Å². The van der Waals surface area contributed by atoms with Crippen molar-refractivity contribution in [2.24, 2.45) is 0 Å². The molecule has 1 rings (SSSR count). The van der Waals surface area contributed by atoms with E-state index in [0.717, 1.165) is 5.57 Å². The van der Waals surface area contributed by atoms with Gasteiger partial charge < -0.3 is 0 Å². The van der Waals surface area contributed by atoms with Crippen LogP contribution in [0.5, 0.6) is 0 Å². The molecule has 15 heavy (non-hydrogen) atoms. The highest BCUT2D eigenvalue weighted by molar-refractivity contribution is 6.67. The van der Waals surface area contributed by atoms with Crippen LogP contribution in [0.2, 0.25) is 0 Å². The Morgan fingerprint density at radius 3 is 2.67 bits per heavy atom. The Hall–Kier alpha value is -1.15. The molecule has 80 valence electrons. The molecular weight excluding hydrogens is 215 g/mol. The molecule has 0 amide bonds. The van der Waals surface area contributed by atoms with E-state index in [4.69, 9.17) is 11.6 Å². The number of hydrogen-bond donors (Lipinski definition) is 0. The largest absolute Gasteiger partial charge is 0.276 e. The summed E-state index contributed by atoms with van der Waals surface area (Å²) >= 11 is 5.31. The first-order valence-electron chi connectivity index (χ1n) is 4.62. The lowest BCUT2D eigenvalue weighted by molar-refractivity contribution is 0.108. The fourth-order valence-corrected chi connectivity index (χ4v) is 1.29. The molecule has 0 saturated heterocycles. The highest BCUT2D eigenvalue weighted by Crippen LogP contribution is 2.14. The van der Waals surface area contributed by atoms with E-state index in [9.17, 15) is 9.18 Å². The van der Waals surface area contributed by atoms with Crippen LogP contribution < -0.4 is 0 Å². The highest BCUT2D eigenvalue weighted by atomic mass is 35.5. The third-order valence-corrected chi connectivity index (χ3v) is 2.22. The van der Waals surface area contributed by atoms with Crippen LogP contribution in [0.1, 0.15) is 29.8 Å². The zero-order valence-corrected chi connectivity index (χ0v) is 9.44. The van der Waals surface area contributed by atoms with Crippen LogP contribution in [0, 0.1) is 5.82 Å². The summed E-state index contributed by atoms with van der Waals surface area (Å²) in [5.74, 6) is -0.311. The van der Waals surface area contributed by atoms with E-state index in [-0.39, 0.29) is 5.82 Å². The molecule has 0 aromatic heterocycles. The van der Waals surface area contributed by atoms with E-state index < -0.39 is 5.24 Å². The van der Waals surface area contributed by atoms with Gasteiger partial charge in [-0.15, -0.1) is 0 Å². The van der Waals surface area contributed by atoms with Gasteiger partial charge >= 0.3 is 0 Å². The summed E-state index contributed by atoms with van der Waals surface area (Å²) in [4.78, 5) is 10.9. The van der Waals surface area contributed by atoms with Crippen molar-refractivity contribution < 1.29 is 9.18 Å². The van der Waals surface area contributed by atoms with Gasteiger partial charge in [0.15, 0.2) is 0 Å². The summed E-state index contributed by atoms with van der Waals surface area (Å²) in [7, 11) is 0. The Morgan fingerprint density at radius 1 is 1.47 bits per heavy atom. The normalized spacial score (nSPS) is 9.87. The quantitative estimate of drug-likeness (QED) is 0.567. The van der Waals surface area contributed by atoms with Gasteiger partial charge in [-0.05, 0) is 55.6 Å². The predicted octanol–water partition coefficient (Wildman–Crippen LogP) is 3.71. The van der Waals surface area contributed by atoms with Gasteiger partial charge in [0.1, 0.15) is 5.82 Å². The zero-order valence-electron chi connectivity index (χ0n) is 8.68. The van der Waals surface area contributed by atoms with E-state index in [1.165, 1.54) is 18.2 Å². The third kappa shape index (κ3) is 3.48. The Balaban J connectivity index is 3.00. The second kappa shape index (κ2) is 5.08. The Bertz CT molecular complexity index is 406. The fourth-order valence-electron chi connectivity index (χ4n) is 1.17. The maximum absolute atomic E-state index is 13.3. The number of halogens is 2. The molecule has 1 aromatic rings. The van der Waals surface area contributed by atoms with E-state index in [1.807, 2.05) is 19.9 Å². The maximum Gasteiger partial charge on any atom is 0.252 e. The molecule has 0 aliphatic rings. The summed E-state index contributed by atoms with van der Waals surface area (Å²) in [6.45, 7) is 3.88. The molecule has 0 heterocycles. The summed E-state index contributed by atoms with van der Waals surface area (Å²) in [5, 5.41) is -0.562. The number of hydrogen-bond acceptors (Lipinski definition) is 1. The van der Waals surface area contributed by atoms with E-state index in [2.05, 4.69) is 0 Å². The van der Waals surface area contributed by atoms with Crippen LogP contribution in [-0.2, 0) is 6.42 Å². The molecule has 0 unspecified atom stereocenters. The zero-order chi connectivity index (χ0) is 11.4. The molecule has 0 aliphatic carbocycles. The molecule has 3 heteroatoms. The number of rotatable bonds is 3. The molecule has 0 spiro atoms. The molecule has 0 bridgehead atoms. The first kappa shape index (κ1) is 11.9. The fraction of sp³-hybridized carbons (Fsp3) is 0.250. The lowest BCUT2D eigenvalue weighted by Gasteiger charge is -2.02. The van der Waals surface area contributed by atoms with Gasteiger partial charge in [-0.25, -0.2) is 4.39 Å². The van der Waals surface area contributed by atoms with Crippen LogP contribution in [0.25, 0.3) is 0 Å². The number of carbonyl (C=O) groups excluding carboxylic acids is 1. The lowest BCUT2D eigenvalue weighted by atomic mass is 10.1. The van der Waals surface area contributed by atoms with E-state index in [0.29, 0.717) is 17.5 Å². The molecule has 0 atom stereocenters. The van der Waals surface area contributed by atoms with Crippen molar-refractivity contribution in [2.45, 2.75) is 20.3 Å². The Morgan fingerprint density at radius 2 is 2.13 bits per heavy atom. The second-order valence-electron chi connectivity index (χ2n) is 3.57. The first-order chi connectivity index (χ1) is 7.00. The van der Waals surface area contributed by atoms with Gasteiger partial charge in [0.05, 0.1) is 0 Å². The molecule has 0 N–H and O–H groups in total. The predicted molar refractivity (Wildman–Crippen MR) is 59.7 cm³/mol. The van der Waals surface area contributed by atoms with Crippen molar-refractivity contribution in [1.29, 1.82) is 0 Å². The molecule has 0 aliphatic heterocycles. The molecular formula is C12H12ClFO. The van der Waals surface area contributed by atoms with Gasteiger partial charge in [-0.2, -0.15) is 0 Å². The summed E-state index contributed by atoms with van der Waals surface area (Å²) in [6, 6.07) is 4.14. The minimum atomic E-state index is -0.562. The van der Waals surface area contributed by atoms with Crippen molar-refractivity contribution >= 4 is 16.8 Å². The molecule has 0 fully saturated rings. The van der Waals surface area contributed by atoms with Crippen molar-refractivity contribution in [3.63, 3.8) is 0 Å². The standard InChI is InChI=1S/C12H12ClFO/c1-8(2)3-4-9-7-10(12(13)15)5-6-11(9)14/h3,5-7H,4H2,1-2H3. The summed E-state index contributed by atoms with van der Waals surface area (Å²) < 4.78 is 13.3. The van der Waals surface area contributed by atoms with Gasteiger partial charge in [0, 0.05) is 5.56 Å². The second-order valence-corrected chi connectivity index (χ2v) is 3.91. The molecule has 0 radical (unpaired) electrons.